The summed E-state index contributed by atoms with van der Waals surface area (Å²) < 4.78 is 2.41. The third-order valence-electron chi connectivity index (χ3n) is 4.98. The molecule has 1 aromatic carbocycles. The van der Waals surface area contributed by atoms with E-state index in [9.17, 15) is 0 Å². The first-order chi connectivity index (χ1) is 9.83. The lowest BCUT2D eigenvalue weighted by Gasteiger charge is -2.18. The third kappa shape index (κ3) is 2.37. The van der Waals surface area contributed by atoms with E-state index in [1.165, 1.54) is 42.1 Å². The van der Waals surface area contributed by atoms with Gasteiger partial charge in [0.05, 0.1) is 0 Å². The Morgan fingerprint density at radius 3 is 2.55 bits per heavy atom. The number of nitrogens with zero attached hydrogens (tertiary/aromatic N) is 1. The largest absolute Gasteiger partial charge is 0.346 e. The van der Waals surface area contributed by atoms with Crippen molar-refractivity contribution < 1.29 is 0 Å². The summed E-state index contributed by atoms with van der Waals surface area (Å²) in [4.78, 5) is 0. The monoisotopic (exact) mass is 268 g/mol. The summed E-state index contributed by atoms with van der Waals surface area (Å²) in [5, 5.41) is 5.24. The Bertz CT molecular complexity index is 593. The number of fused-ring (bicyclic) bond motifs is 1. The fourth-order valence-electron chi connectivity index (χ4n) is 3.60. The van der Waals surface area contributed by atoms with Gasteiger partial charge in [0.15, 0.2) is 0 Å². The minimum atomic E-state index is 0.818. The van der Waals surface area contributed by atoms with Crippen molar-refractivity contribution in [2.24, 2.45) is 11.8 Å². The Kier molecular flexibility index (Phi) is 3.07. The van der Waals surface area contributed by atoms with Crippen LogP contribution in [0.5, 0.6) is 0 Å². The molecule has 0 saturated heterocycles. The zero-order chi connectivity index (χ0) is 13.5. The molecule has 2 fully saturated rings. The van der Waals surface area contributed by atoms with Gasteiger partial charge in [0.1, 0.15) is 0 Å². The number of nitrogens with one attached hydrogen (secondary N) is 1. The van der Waals surface area contributed by atoms with Crippen LogP contribution in [0.4, 0.5) is 0 Å². The third-order valence-corrected chi connectivity index (χ3v) is 4.98. The zero-order valence-electron chi connectivity index (χ0n) is 12.3. The molecule has 2 aromatic rings. The van der Waals surface area contributed by atoms with Crippen LogP contribution in [0.3, 0.4) is 0 Å². The maximum absolute atomic E-state index is 3.85. The fourth-order valence-corrected chi connectivity index (χ4v) is 3.60. The highest BCUT2D eigenvalue weighted by atomic mass is 15.0. The molecule has 2 heteroatoms. The lowest BCUT2D eigenvalue weighted by atomic mass is 10.1. The van der Waals surface area contributed by atoms with Crippen LogP contribution < -0.4 is 5.32 Å². The Balaban J connectivity index is 1.42. The van der Waals surface area contributed by atoms with Crippen molar-refractivity contribution >= 4 is 10.9 Å². The van der Waals surface area contributed by atoms with E-state index in [2.05, 4.69) is 47.3 Å². The van der Waals surface area contributed by atoms with Crippen LogP contribution >= 0.6 is 0 Å². The predicted molar refractivity (Wildman–Crippen MR) is 83.9 cm³/mol. The molecule has 20 heavy (non-hydrogen) atoms. The van der Waals surface area contributed by atoms with E-state index in [-0.39, 0.29) is 0 Å². The first kappa shape index (κ1) is 12.5. The fraction of sp³-hybridized carbons (Fsp3) is 0.556. The molecule has 1 heterocycles. The molecule has 0 atom stereocenters. The average molecular weight is 268 g/mol. The highest BCUT2D eigenvalue weighted by Crippen LogP contribution is 2.44. The van der Waals surface area contributed by atoms with E-state index in [0.717, 1.165) is 31.0 Å². The van der Waals surface area contributed by atoms with Gasteiger partial charge in [0.25, 0.3) is 0 Å². The zero-order valence-corrected chi connectivity index (χ0v) is 12.3. The second kappa shape index (κ2) is 4.92. The number of rotatable bonds is 6. The molecule has 0 amide bonds. The van der Waals surface area contributed by atoms with E-state index in [4.69, 9.17) is 0 Å². The van der Waals surface area contributed by atoms with E-state index in [1.54, 1.807) is 0 Å². The molecule has 0 bridgehead atoms. The first-order valence-electron chi connectivity index (χ1n) is 8.11. The highest BCUT2D eigenvalue weighted by molar-refractivity contribution is 5.83. The van der Waals surface area contributed by atoms with Crippen molar-refractivity contribution in [3.63, 3.8) is 0 Å². The lowest BCUT2D eigenvalue weighted by molar-refractivity contribution is 0.408. The van der Waals surface area contributed by atoms with Crippen LogP contribution in [-0.4, -0.2) is 17.2 Å². The molecular weight excluding hydrogens is 244 g/mol. The number of benzene rings is 1. The van der Waals surface area contributed by atoms with Crippen LogP contribution in [0.2, 0.25) is 0 Å². The summed E-state index contributed by atoms with van der Waals surface area (Å²) >= 11 is 0. The summed E-state index contributed by atoms with van der Waals surface area (Å²) in [6.45, 7) is 4.41. The van der Waals surface area contributed by atoms with Gasteiger partial charge in [0.2, 0.25) is 0 Å². The van der Waals surface area contributed by atoms with Gasteiger partial charge < -0.3 is 9.88 Å². The van der Waals surface area contributed by atoms with Crippen molar-refractivity contribution in [1.29, 1.82) is 0 Å². The number of aryl methyl sites for hydroxylation is 1. The van der Waals surface area contributed by atoms with E-state index >= 15 is 0 Å². The summed E-state index contributed by atoms with van der Waals surface area (Å²) in [5.74, 6) is 1.98. The standard InChI is InChI=1S/C18H24N2/c1-13-12-20(17-5-3-2-4-16(13)17)11-10-19-18(14-6-7-14)15-8-9-15/h2-5,12,14-15,18-19H,6-11H2,1H3. The molecule has 1 aromatic heterocycles. The molecule has 2 nitrogen and oxygen atoms in total. The van der Waals surface area contributed by atoms with Crippen molar-refractivity contribution in [3.8, 4) is 0 Å². The highest BCUT2D eigenvalue weighted by Gasteiger charge is 2.40. The molecule has 0 aliphatic heterocycles. The predicted octanol–water partition coefficient (Wildman–Crippen LogP) is 3.73. The molecular formula is C18H24N2. The van der Waals surface area contributed by atoms with Gasteiger partial charge in [-0.2, -0.15) is 0 Å². The maximum atomic E-state index is 3.85. The van der Waals surface area contributed by atoms with Gasteiger partial charge in [-0.15, -0.1) is 0 Å². The van der Waals surface area contributed by atoms with Gasteiger partial charge >= 0.3 is 0 Å². The molecule has 106 valence electrons. The Labute approximate surface area is 121 Å². The smallest absolute Gasteiger partial charge is 0.0483 e. The lowest BCUT2D eigenvalue weighted by Crippen LogP contribution is -2.35. The van der Waals surface area contributed by atoms with Crippen molar-refractivity contribution in [1.82, 2.24) is 9.88 Å². The minimum Gasteiger partial charge on any atom is -0.346 e. The van der Waals surface area contributed by atoms with Crippen molar-refractivity contribution in [2.45, 2.75) is 45.2 Å². The molecule has 4 rings (SSSR count). The van der Waals surface area contributed by atoms with E-state index < -0.39 is 0 Å². The first-order valence-corrected chi connectivity index (χ1v) is 8.11. The molecule has 0 radical (unpaired) electrons. The van der Waals surface area contributed by atoms with Gasteiger partial charge in [-0.3, -0.25) is 0 Å². The number of para-hydroxylation sites is 1. The molecule has 2 saturated carbocycles. The molecule has 2 aliphatic carbocycles. The summed E-state index contributed by atoms with van der Waals surface area (Å²) in [6.07, 6.45) is 8.13. The van der Waals surface area contributed by atoms with Gasteiger partial charge in [-0.1, -0.05) is 18.2 Å². The average Bonchev–Trinajstić information content (AvgIpc) is 3.36. The van der Waals surface area contributed by atoms with Gasteiger partial charge in [-0.05, 0) is 56.1 Å². The maximum Gasteiger partial charge on any atom is 0.0483 e. The van der Waals surface area contributed by atoms with Gasteiger partial charge in [-0.25, -0.2) is 0 Å². The summed E-state index contributed by atoms with van der Waals surface area (Å²) in [5.41, 5.74) is 2.77. The summed E-state index contributed by atoms with van der Waals surface area (Å²) in [7, 11) is 0. The second-order valence-corrected chi connectivity index (χ2v) is 6.68. The molecule has 1 N–H and O–H groups in total. The van der Waals surface area contributed by atoms with Crippen LogP contribution in [0.15, 0.2) is 30.5 Å². The number of aromatic nitrogens is 1. The van der Waals surface area contributed by atoms with Crippen molar-refractivity contribution in [3.05, 3.63) is 36.0 Å². The topological polar surface area (TPSA) is 17.0 Å². The molecule has 0 unspecified atom stereocenters. The SMILES string of the molecule is Cc1cn(CCNC(C2CC2)C2CC2)c2ccccc12. The number of hydrogen-bond donors (Lipinski definition) is 1. The Hall–Kier alpha value is -1.28. The Morgan fingerprint density at radius 1 is 1.15 bits per heavy atom. The quantitative estimate of drug-likeness (QED) is 0.844. The molecule has 2 aliphatic rings. The Morgan fingerprint density at radius 2 is 1.85 bits per heavy atom. The van der Waals surface area contributed by atoms with Gasteiger partial charge in [0, 0.05) is 36.2 Å². The van der Waals surface area contributed by atoms with Crippen LogP contribution in [0.1, 0.15) is 31.2 Å². The van der Waals surface area contributed by atoms with Crippen LogP contribution in [-0.2, 0) is 6.54 Å². The normalized spacial score (nSPS) is 19.1. The van der Waals surface area contributed by atoms with E-state index in [0.29, 0.717) is 0 Å². The minimum absolute atomic E-state index is 0.818. The molecule has 0 spiro atoms. The van der Waals surface area contributed by atoms with Crippen LogP contribution in [0.25, 0.3) is 10.9 Å². The second-order valence-electron chi connectivity index (χ2n) is 6.68. The number of hydrogen-bond acceptors (Lipinski definition) is 1. The van der Waals surface area contributed by atoms with E-state index in [1.807, 2.05) is 0 Å². The summed E-state index contributed by atoms with van der Waals surface area (Å²) in [6, 6.07) is 9.56. The van der Waals surface area contributed by atoms with Crippen LogP contribution in [0, 0.1) is 18.8 Å². The van der Waals surface area contributed by atoms with Crippen molar-refractivity contribution in [2.75, 3.05) is 6.54 Å².